The van der Waals surface area contributed by atoms with E-state index in [-0.39, 0.29) is 0 Å². The largest absolute Gasteiger partial charge is 0.492 e. The number of ether oxygens (including phenoxy) is 1. The Balaban J connectivity index is 1.71. The van der Waals surface area contributed by atoms with Crippen LogP contribution in [-0.2, 0) is 6.54 Å². The number of benzene rings is 3. The summed E-state index contributed by atoms with van der Waals surface area (Å²) in [4.78, 5) is 4.69. The quantitative estimate of drug-likeness (QED) is 0.450. The summed E-state index contributed by atoms with van der Waals surface area (Å²) in [6.45, 7) is 8.99. The van der Waals surface area contributed by atoms with Gasteiger partial charge in [0.1, 0.15) is 12.4 Å². The fourth-order valence-corrected chi connectivity index (χ4v) is 3.26. The second-order valence-corrected chi connectivity index (χ2v) is 6.78. The van der Waals surface area contributed by atoms with Crippen molar-refractivity contribution in [2.45, 2.75) is 20.4 Å². The van der Waals surface area contributed by atoms with Gasteiger partial charge in [0.15, 0.2) is 0 Å². The lowest BCUT2D eigenvalue weighted by Crippen LogP contribution is -2.27. The van der Waals surface area contributed by atoms with Crippen molar-refractivity contribution in [1.82, 2.24) is 4.90 Å². The zero-order chi connectivity index (χ0) is 19.6. The highest BCUT2D eigenvalue weighted by Crippen LogP contribution is 2.29. The highest BCUT2D eigenvalue weighted by atomic mass is 16.5. The summed E-state index contributed by atoms with van der Waals surface area (Å²) in [7, 11) is 0. The molecular formula is C25H30N2O. The summed E-state index contributed by atoms with van der Waals surface area (Å²) >= 11 is 0. The van der Waals surface area contributed by atoms with E-state index in [0.29, 0.717) is 6.61 Å². The molecule has 3 heteroatoms. The number of hydrogen-bond acceptors (Lipinski definition) is 3. The predicted octanol–water partition coefficient (Wildman–Crippen LogP) is 5.75. The molecule has 3 rings (SSSR count). The summed E-state index contributed by atoms with van der Waals surface area (Å²) in [5.74, 6) is 0.920. The van der Waals surface area contributed by atoms with E-state index < -0.39 is 0 Å². The molecule has 0 fully saturated rings. The van der Waals surface area contributed by atoms with Crippen molar-refractivity contribution in [3.05, 3.63) is 90.5 Å². The van der Waals surface area contributed by atoms with Crippen LogP contribution in [0, 0.1) is 0 Å². The molecule has 0 saturated carbocycles. The summed E-state index contributed by atoms with van der Waals surface area (Å²) in [5, 5.41) is 0. The number of nitrogens with zero attached hydrogens (tertiary/aromatic N) is 2. The monoisotopic (exact) mass is 374 g/mol. The molecule has 0 unspecified atom stereocenters. The van der Waals surface area contributed by atoms with Gasteiger partial charge in [0, 0.05) is 24.5 Å². The zero-order valence-electron chi connectivity index (χ0n) is 16.9. The molecule has 3 nitrogen and oxygen atoms in total. The van der Waals surface area contributed by atoms with E-state index in [1.807, 2.05) is 0 Å². The third-order valence-electron chi connectivity index (χ3n) is 4.97. The first-order chi connectivity index (χ1) is 13.8. The van der Waals surface area contributed by atoms with Crippen LogP contribution in [0.25, 0.3) is 0 Å². The van der Waals surface area contributed by atoms with E-state index in [9.17, 15) is 0 Å². The fourth-order valence-electron chi connectivity index (χ4n) is 3.26. The van der Waals surface area contributed by atoms with Gasteiger partial charge < -0.3 is 14.5 Å². The average Bonchev–Trinajstić information content (AvgIpc) is 2.77. The zero-order valence-corrected chi connectivity index (χ0v) is 16.9. The first-order valence-electron chi connectivity index (χ1n) is 10.1. The minimum atomic E-state index is 0.716. The van der Waals surface area contributed by atoms with Crippen LogP contribution in [0.4, 0.5) is 11.4 Å². The van der Waals surface area contributed by atoms with E-state index >= 15 is 0 Å². The Bertz CT molecular complexity index is 799. The maximum atomic E-state index is 5.94. The van der Waals surface area contributed by atoms with Crippen LogP contribution in [0.2, 0.25) is 0 Å². The van der Waals surface area contributed by atoms with Crippen molar-refractivity contribution in [1.29, 1.82) is 0 Å². The van der Waals surface area contributed by atoms with Crippen LogP contribution in [0.5, 0.6) is 5.75 Å². The maximum absolute atomic E-state index is 5.94. The molecule has 3 aromatic rings. The van der Waals surface area contributed by atoms with Crippen molar-refractivity contribution in [3.63, 3.8) is 0 Å². The third kappa shape index (κ3) is 5.61. The van der Waals surface area contributed by atoms with Gasteiger partial charge in [0.05, 0.1) is 0 Å². The van der Waals surface area contributed by atoms with Crippen molar-refractivity contribution in [2.24, 2.45) is 0 Å². The summed E-state index contributed by atoms with van der Waals surface area (Å²) in [6.07, 6.45) is 0. The molecule has 0 bridgehead atoms. The van der Waals surface area contributed by atoms with Crippen molar-refractivity contribution in [3.8, 4) is 5.75 Å². The van der Waals surface area contributed by atoms with Gasteiger partial charge in [-0.2, -0.15) is 0 Å². The van der Waals surface area contributed by atoms with Crippen molar-refractivity contribution in [2.75, 3.05) is 31.1 Å². The molecule has 0 atom stereocenters. The molecule has 0 aromatic heterocycles. The minimum Gasteiger partial charge on any atom is -0.492 e. The summed E-state index contributed by atoms with van der Waals surface area (Å²) in [6, 6.07) is 29.5. The third-order valence-corrected chi connectivity index (χ3v) is 4.97. The molecule has 28 heavy (non-hydrogen) atoms. The molecule has 0 aliphatic heterocycles. The van der Waals surface area contributed by atoms with Gasteiger partial charge in [-0.1, -0.05) is 62.4 Å². The van der Waals surface area contributed by atoms with Gasteiger partial charge >= 0.3 is 0 Å². The molecule has 0 radical (unpaired) electrons. The minimum absolute atomic E-state index is 0.716. The molecule has 0 N–H and O–H groups in total. The molecular weight excluding hydrogens is 344 g/mol. The Morgan fingerprint density at radius 3 is 1.86 bits per heavy atom. The highest BCUT2D eigenvalue weighted by Gasteiger charge is 2.10. The number of hydrogen-bond donors (Lipinski definition) is 0. The number of anilines is 2. The van der Waals surface area contributed by atoms with Crippen LogP contribution < -0.4 is 9.64 Å². The smallest absolute Gasteiger partial charge is 0.119 e. The van der Waals surface area contributed by atoms with Crippen molar-refractivity contribution >= 4 is 11.4 Å². The summed E-state index contributed by atoms with van der Waals surface area (Å²) in [5.41, 5.74) is 3.62. The lowest BCUT2D eigenvalue weighted by molar-refractivity contribution is 0.223. The van der Waals surface area contributed by atoms with Crippen molar-refractivity contribution < 1.29 is 4.74 Å². The van der Waals surface area contributed by atoms with Crippen LogP contribution >= 0.6 is 0 Å². The van der Waals surface area contributed by atoms with Gasteiger partial charge in [-0.15, -0.1) is 0 Å². The first-order valence-corrected chi connectivity index (χ1v) is 10.1. The highest BCUT2D eigenvalue weighted by molar-refractivity contribution is 5.64. The van der Waals surface area contributed by atoms with E-state index in [0.717, 1.165) is 37.6 Å². The molecule has 0 aliphatic carbocycles. The lowest BCUT2D eigenvalue weighted by Gasteiger charge is -2.25. The summed E-state index contributed by atoms with van der Waals surface area (Å²) < 4.78 is 5.94. The standard InChI is InChI=1S/C25H30N2O/c1-3-26(4-2)19-20-28-25-17-15-24(16-18-25)27(23-13-9-6-10-14-23)21-22-11-7-5-8-12-22/h5-18H,3-4,19-21H2,1-2H3. The van der Waals surface area contributed by atoms with E-state index in [2.05, 4.69) is 109 Å². The Labute approximate surface area is 169 Å². The van der Waals surface area contributed by atoms with Crippen LogP contribution in [0.15, 0.2) is 84.9 Å². The number of rotatable bonds is 10. The van der Waals surface area contributed by atoms with Crippen LogP contribution in [-0.4, -0.2) is 31.1 Å². The number of likely N-dealkylation sites (N-methyl/N-ethyl adjacent to an activating group) is 1. The first kappa shape index (κ1) is 20.0. The molecule has 3 aromatic carbocycles. The molecule has 146 valence electrons. The van der Waals surface area contributed by atoms with E-state index in [4.69, 9.17) is 4.74 Å². The van der Waals surface area contributed by atoms with Gasteiger partial charge in [-0.3, -0.25) is 0 Å². The maximum Gasteiger partial charge on any atom is 0.119 e. The molecule has 0 heterocycles. The SMILES string of the molecule is CCN(CC)CCOc1ccc(N(Cc2ccccc2)c2ccccc2)cc1. The molecule has 0 spiro atoms. The van der Waals surface area contributed by atoms with Gasteiger partial charge in [-0.25, -0.2) is 0 Å². The molecule has 0 saturated heterocycles. The molecule has 0 aliphatic rings. The van der Waals surface area contributed by atoms with E-state index in [1.54, 1.807) is 0 Å². The normalized spacial score (nSPS) is 10.8. The second kappa shape index (κ2) is 10.5. The molecule has 0 amide bonds. The van der Waals surface area contributed by atoms with Crippen LogP contribution in [0.3, 0.4) is 0 Å². The average molecular weight is 375 g/mol. The Morgan fingerprint density at radius 1 is 0.679 bits per heavy atom. The fraction of sp³-hybridized carbons (Fsp3) is 0.280. The Kier molecular flexibility index (Phi) is 7.51. The van der Waals surface area contributed by atoms with Gasteiger partial charge in [0.2, 0.25) is 0 Å². The van der Waals surface area contributed by atoms with E-state index in [1.165, 1.54) is 11.3 Å². The lowest BCUT2D eigenvalue weighted by atomic mass is 10.1. The van der Waals surface area contributed by atoms with Crippen LogP contribution in [0.1, 0.15) is 19.4 Å². The number of para-hydroxylation sites is 1. The Morgan fingerprint density at radius 2 is 1.25 bits per heavy atom. The predicted molar refractivity (Wildman–Crippen MR) is 118 cm³/mol. The Hall–Kier alpha value is -2.78. The second-order valence-electron chi connectivity index (χ2n) is 6.78. The van der Waals surface area contributed by atoms with Gasteiger partial charge in [-0.05, 0) is 55.1 Å². The topological polar surface area (TPSA) is 15.7 Å². The van der Waals surface area contributed by atoms with Gasteiger partial charge in [0.25, 0.3) is 0 Å².